The molecule has 1 aliphatic rings. The lowest BCUT2D eigenvalue weighted by atomic mass is 9.89. The van der Waals surface area contributed by atoms with Gasteiger partial charge in [0.2, 0.25) is 0 Å². The number of carboxylic acid groups (broad SMARTS) is 1. The molecular formula is C9H18ClNO2. The highest BCUT2D eigenvalue weighted by Crippen LogP contribution is 2.40. The molecule has 0 amide bonds. The van der Waals surface area contributed by atoms with Gasteiger partial charge >= 0.3 is 5.97 Å². The van der Waals surface area contributed by atoms with Gasteiger partial charge in [0.25, 0.3) is 0 Å². The Kier molecular flexibility index (Phi) is 4.71. The zero-order chi connectivity index (χ0) is 9.19. The van der Waals surface area contributed by atoms with E-state index in [4.69, 9.17) is 10.8 Å². The highest BCUT2D eigenvalue weighted by Gasteiger charge is 2.47. The summed E-state index contributed by atoms with van der Waals surface area (Å²) in [6.45, 7) is 2.05. The normalized spacial score (nSPS) is 20.2. The molecule has 0 aromatic heterocycles. The van der Waals surface area contributed by atoms with Crippen LogP contribution in [0, 0.1) is 5.92 Å². The number of aliphatic carboxylic acids is 1. The third-order valence-corrected chi connectivity index (χ3v) is 2.65. The lowest BCUT2D eigenvalue weighted by Gasteiger charge is -2.23. The minimum atomic E-state index is -0.921. The van der Waals surface area contributed by atoms with Gasteiger partial charge in [-0.1, -0.05) is 19.8 Å². The largest absolute Gasteiger partial charge is 0.480 e. The van der Waals surface area contributed by atoms with Crippen LogP contribution in [0.25, 0.3) is 0 Å². The smallest absolute Gasteiger partial charge is 0.323 e. The minimum Gasteiger partial charge on any atom is -0.480 e. The van der Waals surface area contributed by atoms with Gasteiger partial charge in [-0.2, -0.15) is 0 Å². The first-order chi connectivity index (χ1) is 5.61. The van der Waals surface area contributed by atoms with E-state index in [1.54, 1.807) is 0 Å². The van der Waals surface area contributed by atoms with Crippen LogP contribution in [0.1, 0.15) is 39.0 Å². The summed E-state index contributed by atoms with van der Waals surface area (Å²) in [7, 11) is 0. The Morgan fingerprint density at radius 3 is 2.46 bits per heavy atom. The van der Waals surface area contributed by atoms with Crippen molar-refractivity contribution in [3.05, 3.63) is 0 Å². The van der Waals surface area contributed by atoms with Crippen molar-refractivity contribution in [3.63, 3.8) is 0 Å². The summed E-state index contributed by atoms with van der Waals surface area (Å²) in [6.07, 6.45) is 4.54. The molecule has 0 bridgehead atoms. The van der Waals surface area contributed by atoms with Crippen molar-refractivity contribution in [2.45, 2.75) is 44.6 Å². The summed E-state index contributed by atoms with van der Waals surface area (Å²) in [6, 6.07) is 0. The Labute approximate surface area is 85.1 Å². The third-order valence-electron chi connectivity index (χ3n) is 2.65. The summed E-state index contributed by atoms with van der Waals surface area (Å²) in [4.78, 5) is 10.9. The summed E-state index contributed by atoms with van der Waals surface area (Å²) < 4.78 is 0. The fraction of sp³-hybridized carbons (Fsp3) is 0.889. The number of carbonyl (C=O) groups is 1. The van der Waals surface area contributed by atoms with Crippen LogP contribution in [0.4, 0.5) is 0 Å². The molecule has 1 rings (SSSR count). The maximum atomic E-state index is 10.9. The summed E-state index contributed by atoms with van der Waals surface area (Å²) in [5, 5.41) is 8.94. The van der Waals surface area contributed by atoms with E-state index in [0.29, 0.717) is 6.42 Å². The van der Waals surface area contributed by atoms with Gasteiger partial charge in [-0.05, 0) is 25.2 Å². The number of rotatable bonds is 5. The van der Waals surface area contributed by atoms with Crippen LogP contribution in [0.2, 0.25) is 0 Å². The number of hydrogen-bond acceptors (Lipinski definition) is 2. The van der Waals surface area contributed by atoms with Crippen molar-refractivity contribution < 1.29 is 9.90 Å². The molecular weight excluding hydrogens is 190 g/mol. The molecule has 3 nitrogen and oxygen atoms in total. The average Bonchev–Trinajstić information content (AvgIpc) is 2.82. The number of unbranched alkanes of at least 4 members (excludes halogenated alkanes) is 1. The van der Waals surface area contributed by atoms with Crippen molar-refractivity contribution in [2.75, 3.05) is 0 Å². The molecule has 0 aromatic carbocycles. The Morgan fingerprint density at radius 1 is 1.62 bits per heavy atom. The molecule has 0 saturated heterocycles. The molecule has 1 fully saturated rings. The van der Waals surface area contributed by atoms with Gasteiger partial charge in [-0.25, -0.2) is 0 Å². The summed E-state index contributed by atoms with van der Waals surface area (Å²) in [5.74, 6) is -0.583. The van der Waals surface area contributed by atoms with Crippen molar-refractivity contribution >= 4 is 18.4 Å². The maximum Gasteiger partial charge on any atom is 0.323 e. The molecule has 0 aliphatic heterocycles. The summed E-state index contributed by atoms with van der Waals surface area (Å²) >= 11 is 0. The van der Waals surface area contributed by atoms with Gasteiger partial charge in [0.05, 0.1) is 0 Å². The lowest BCUT2D eigenvalue weighted by Crippen LogP contribution is -2.50. The van der Waals surface area contributed by atoms with E-state index in [1.165, 1.54) is 0 Å². The first kappa shape index (κ1) is 12.7. The molecule has 1 saturated carbocycles. The predicted molar refractivity (Wildman–Crippen MR) is 54.1 cm³/mol. The molecule has 3 N–H and O–H groups in total. The van der Waals surface area contributed by atoms with Gasteiger partial charge in [-0.3, -0.25) is 4.79 Å². The minimum absolute atomic E-state index is 0. The van der Waals surface area contributed by atoms with Crippen LogP contribution >= 0.6 is 12.4 Å². The van der Waals surface area contributed by atoms with Gasteiger partial charge in [0.15, 0.2) is 0 Å². The van der Waals surface area contributed by atoms with Crippen LogP contribution in [-0.2, 0) is 4.79 Å². The van der Waals surface area contributed by atoms with Crippen LogP contribution in [0.15, 0.2) is 0 Å². The average molecular weight is 208 g/mol. The van der Waals surface area contributed by atoms with Gasteiger partial charge in [0.1, 0.15) is 5.54 Å². The first-order valence-electron chi connectivity index (χ1n) is 4.63. The zero-order valence-electron chi connectivity index (χ0n) is 7.95. The molecule has 0 heterocycles. The molecule has 0 unspecified atom stereocenters. The van der Waals surface area contributed by atoms with E-state index in [2.05, 4.69) is 6.92 Å². The van der Waals surface area contributed by atoms with Gasteiger partial charge < -0.3 is 10.8 Å². The molecule has 4 heteroatoms. The quantitative estimate of drug-likeness (QED) is 0.723. The Hall–Kier alpha value is -0.280. The van der Waals surface area contributed by atoms with Crippen molar-refractivity contribution in [2.24, 2.45) is 11.7 Å². The Bertz CT molecular complexity index is 182. The molecule has 1 aliphatic carbocycles. The third kappa shape index (κ3) is 2.85. The first-order valence-corrected chi connectivity index (χ1v) is 4.63. The van der Waals surface area contributed by atoms with Crippen LogP contribution in [-0.4, -0.2) is 16.6 Å². The van der Waals surface area contributed by atoms with E-state index in [9.17, 15) is 4.79 Å². The predicted octanol–water partition coefficient (Wildman–Crippen LogP) is 1.79. The van der Waals surface area contributed by atoms with Crippen molar-refractivity contribution in [3.8, 4) is 0 Å². The molecule has 13 heavy (non-hydrogen) atoms. The fourth-order valence-corrected chi connectivity index (χ4v) is 1.55. The molecule has 0 aromatic rings. The van der Waals surface area contributed by atoms with Crippen LogP contribution in [0.5, 0.6) is 0 Å². The fourth-order valence-electron chi connectivity index (χ4n) is 1.55. The van der Waals surface area contributed by atoms with Gasteiger partial charge in [0, 0.05) is 0 Å². The van der Waals surface area contributed by atoms with E-state index in [1.807, 2.05) is 0 Å². The van der Waals surface area contributed by atoms with E-state index < -0.39 is 11.5 Å². The SMILES string of the molecule is CCCC[C@](N)(C(=O)O)C1CC1.Cl. The zero-order valence-corrected chi connectivity index (χ0v) is 8.77. The molecule has 0 spiro atoms. The second kappa shape index (κ2) is 4.82. The maximum absolute atomic E-state index is 10.9. The van der Waals surface area contributed by atoms with Gasteiger partial charge in [-0.15, -0.1) is 12.4 Å². The van der Waals surface area contributed by atoms with E-state index in [-0.39, 0.29) is 18.3 Å². The molecule has 1 atom stereocenters. The highest BCUT2D eigenvalue weighted by molar-refractivity contribution is 5.85. The number of hydrogen-bond donors (Lipinski definition) is 2. The topological polar surface area (TPSA) is 63.3 Å². The van der Waals surface area contributed by atoms with Crippen molar-refractivity contribution in [1.29, 1.82) is 0 Å². The van der Waals surface area contributed by atoms with Crippen LogP contribution in [0.3, 0.4) is 0 Å². The standard InChI is InChI=1S/C9H17NO2.ClH/c1-2-3-6-9(10,8(11)12)7-4-5-7;/h7H,2-6,10H2,1H3,(H,11,12);1H/t9-;/m1./s1. The van der Waals surface area contributed by atoms with E-state index in [0.717, 1.165) is 25.7 Å². The number of nitrogens with two attached hydrogens (primary N) is 1. The monoisotopic (exact) mass is 207 g/mol. The second-order valence-electron chi connectivity index (χ2n) is 3.72. The highest BCUT2D eigenvalue weighted by atomic mass is 35.5. The van der Waals surface area contributed by atoms with E-state index >= 15 is 0 Å². The van der Waals surface area contributed by atoms with Crippen LogP contribution < -0.4 is 5.73 Å². The molecule has 0 radical (unpaired) electrons. The second-order valence-corrected chi connectivity index (χ2v) is 3.72. The Morgan fingerprint density at radius 2 is 2.15 bits per heavy atom. The Balaban J connectivity index is 0.00000144. The molecule has 78 valence electrons. The van der Waals surface area contributed by atoms with Crippen molar-refractivity contribution in [1.82, 2.24) is 0 Å². The number of halogens is 1. The lowest BCUT2D eigenvalue weighted by molar-refractivity contribution is -0.144. The number of carboxylic acids is 1. The summed E-state index contributed by atoms with van der Waals surface area (Å²) in [5.41, 5.74) is 4.91.